The number of methoxy groups -OCH3 is 4. The molecular weight excluding hydrogens is 460 g/mol. The monoisotopic (exact) mass is 486 g/mol. The average molecular weight is 487 g/mol. The largest absolute Gasteiger partial charge is 0.493 e. The molecule has 1 aromatic heterocycles. The van der Waals surface area contributed by atoms with E-state index in [1.165, 1.54) is 0 Å². The Morgan fingerprint density at radius 2 is 1.44 bits per heavy atom. The smallest absolute Gasteiger partial charge is 0.366 e. The van der Waals surface area contributed by atoms with Gasteiger partial charge in [0, 0.05) is 17.1 Å². The Morgan fingerprint density at radius 1 is 0.778 bits per heavy atom. The minimum Gasteiger partial charge on any atom is -0.493 e. The summed E-state index contributed by atoms with van der Waals surface area (Å²) in [5.41, 5.74) is 2.63. The molecule has 4 aromatic rings. The molecule has 0 saturated carbocycles. The molecule has 0 unspecified atom stereocenters. The fourth-order valence-electron chi connectivity index (χ4n) is 3.84. The minimum absolute atomic E-state index is 0.329. The van der Waals surface area contributed by atoms with E-state index < -0.39 is 5.97 Å². The number of nitrogens with zero attached hydrogens (tertiary/aromatic N) is 2. The van der Waals surface area contributed by atoms with Gasteiger partial charge in [-0.2, -0.15) is 0 Å². The first-order valence-corrected chi connectivity index (χ1v) is 11.1. The van der Waals surface area contributed by atoms with Crippen molar-refractivity contribution in [3.05, 3.63) is 89.2 Å². The van der Waals surface area contributed by atoms with E-state index in [-0.39, 0.29) is 0 Å². The molecule has 36 heavy (non-hydrogen) atoms. The Kier molecular flexibility index (Phi) is 7.34. The molecule has 0 radical (unpaired) electrons. The molecule has 184 valence electrons. The summed E-state index contributed by atoms with van der Waals surface area (Å²) in [6.45, 7) is 1.83. The van der Waals surface area contributed by atoms with Crippen LogP contribution in [0.15, 0.2) is 72.0 Å². The number of aromatic nitrogens is 1. The van der Waals surface area contributed by atoms with Gasteiger partial charge in [0.25, 0.3) is 0 Å². The van der Waals surface area contributed by atoms with Gasteiger partial charge in [0.05, 0.1) is 34.0 Å². The van der Waals surface area contributed by atoms with Gasteiger partial charge >= 0.3 is 5.97 Å². The molecule has 0 saturated heterocycles. The first kappa shape index (κ1) is 24.5. The van der Waals surface area contributed by atoms with Gasteiger partial charge in [-0.15, -0.1) is 0 Å². The maximum absolute atomic E-state index is 12.9. The molecule has 8 nitrogen and oxygen atoms in total. The summed E-state index contributed by atoms with van der Waals surface area (Å²) in [6.07, 6.45) is 1.66. The van der Waals surface area contributed by atoms with Crippen molar-refractivity contribution < 1.29 is 28.6 Å². The van der Waals surface area contributed by atoms with Crippen molar-refractivity contribution in [3.8, 4) is 23.0 Å². The highest BCUT2D eigenvalue weighted by atomic mass is 16.7. The third-order valence-corrected chi connectivity index (χ3v) is 5.73. The van der Waals surface area contributed by atoms with Crippen molar-refractivity contribution in [1.82, 2.24) is 4.98 Å². The zero-order valence-electron chi connectivity index (χ0n) is 20.7. The van der Waals surface area contributed by atoms with Crippen LogP contribution in [0, 0.1) is 6.92 Å². The van der Waals surface area contributed by atoms with Crippen molar-refractivity contribution in [2.75, 3.05) is 28.4 Å². The number of fused-ring (bicyclic) bond motifs is 1. The number of oxime groups is 1. The molecule has 0 bridgehead atoms. The Balaban J connectivity index is 1.90. The second-order valence-corrected chi connectivity index (χ2v) is 7.79. The molecule has 0 amide bonds. The predicted molar refractivity (Wildman–Crippen MR) is 137 cm³/mol. The summed E-state index contributed by atoms with van der Waals surface area (Å²) in [5, 5.41) is 5.87. The standard InChI is InChI=1S/C28H26N2O6/c1-17-8-6-7-9-20(17)28(31)36-30-26(19-10-11-22(32-2)23(15-19)33-3)27-21-16-25(35-5)24(34-4)14-18(21)12-13-29-27/h6-16H,1-5H3. The number of benzene rings is 3. The summed E-state index contributed by atoms with van der Waals surface area (Å²) in [7, 11) is 6.24. The number of carbonyl (C=O) groups is 1. The Hall–Kier alpha value is -4.59. The zero-order chi connectivity index (χ0) is 25.7. The van der Waals surface area contributed by atoms with Crippen LogP contribution in [0.5, 0.6) is 23.0 Å². The van der Waals surface area contributed by atoms with Crippen LogP contribution in [0.2, 0.25) is 0 Å². The summed E-state index contributed by atoms with van der Waals surface area (Å²) in [6, 6.07) is 18.0. The summed E-state index contributed by atoms with van der Waals surface area (Å²) in [5.74, 6) is 1.58. The van der Waals surface area contributed by atoms with Gasteiger partial charge in [0.2, 0.25) is 0 Å². The molecule has 0 fully saturated rings. The average Bonchev–Trinajstić information content (AvgIpc) is 2.92. The van der Waals surface area contributed by atoms with Gasteiger partial charge in [-0.1, -0.05) is 23.4 Å². The summed E-state index contributed by atoms with van der Waals surface area (Å²) < 4.78 is 21.8. The molecule has 1 heterocycles. The molecule has 0 atom stereocenters. The Morgan fingerprint density at radius 3 is 2.14 bits per heavy atom. The van der Waals surface area contributed by atoms with Crippen LogP contribution in [-0.4, -0.2) is 45.1 Å². The van der Waals surface area contributed by atoms with Gasteiger partial charge in [0.1, 0.15) is 11.4 Å². The highest BCUT2D eigenvalue weighted by molar-refractivity contribution is 6.18. The number of ether oxygens (including phenoxy) is 4. The number of hydrogen-bond donors (Lipinski definition) is 0. The van der Waals surface area contributed by atoms with Gasteiger partial charge in [-0.05, 0) is 60.3 Å². The lowest BCUT2D eigenvalue weighted by atomic mass is 10.0. The van der Waals surface area contributed by atoms with Crippen LogP contribution in [-0.2, 0) is 4.84 Å². The number of carbonyl (C=O) groups excluding carboxylic acids is 1. The second-order valence-electron chi connectivity index (χ2n) is 7.79. The van der Waals surface area contributed by atoms with Gasteiger partial charge in [0.15, 0.2) is 23.0 Å². The van der Waals surface area contributed by atoms with Crippen LogP contribution in [0.4, 0.5) is 0 Å². The van der Waals surface area contributed by atoms with Gasteiger partial charge < -0.3 is 23.8 Å². The van der Waals surface area contributed by atoms with E-state index in [0.717, 1.165) is 16.3 Å². The van der Waals surface area contributed by atoms with Crippen molar-refractivity contribution >= 4 is 22.5 Å². The highest BCUT2D eigenvalue weighted by Gasteiger charge is 2.19. The van der Waals surface area contributed by atoms with Gasteiger partial charge in [-0.3, -0.25) is 4.98 Å². The molecule has 4 rings (SSSR count). The third-order valence-electron chi connectivity index (χ3n) is 5.73. The van der Waals surface area contributed by atoms with E-state index in [4.69, 9.17) is 23.8 Å². The third kappa shape index (κ3) is 4.79. The van der Waals surface area contributed by atoms with E-state index in [1.54, 1.807) is 65.0 Å². The van der Waals surface area contributed by atoms with E-state index in [2.05, 4.69) is 10.1 Å². The summed E-state index contributed by atoms with van der Waals surface area (Å²) in [4.78, 5) is 22.9. The molecule has 3 aromatic carbocycles. The fraction of sp³-hybridized carbons (Fsp3) is 0.179. The first-order valence-electron chi connectivity index (χ1n) is 11.1. The predicted octanol–water partition coefficient (Wildman–Crippen LogP) is 5.19. The van der Waals surface area contributed by atoms with Crippen LogP contribution in [0.3, 0.4) is 0 Å². The second kappa shape index (κ2) is 10.8. The lowest BCUT2D eigenvalue weighted by molar-refractivity contribution is 0.0516. The maximum Gasteiger partial charge on any atom is 0.366 e. The van der Waals surface area contributed by atoms with Crippen LogP contribution in [0.1, 0.15) is 27.2 Å². The quantitative estimate of drug-likeness (QED) is 0.192. The lowest BCUT2D eigenvalue weighted by Gasteiger charge is -2.14. The molecule has 0 N–H and O–H groups in total. The molecule has 0 aliphatic rings. The van der Waals surface area contributed by atoms with Crippen molar-refractivity contribution in [2.45, 2.75) is 6.92 Å². The highest BCUT2D eigenvalue weighted by Crippen LogP contribution is 2.35. The molecule has 0 aliphatic heterocycles. The van der Waals surface area contributed by atoms with E-state index in [9.17, 15) is 4.79 Å². The number of pyridine rings is 1. The Labute approximate surface area is 209 Å². The molecule has 0 spiro atoms. The van der Waals surface area contributed by atoms with Crippen molar-refractivity contribution in [3.63, 3.8) is 0 Å². The number of hydrogen-bond acceptors (Lipinski definition) is 8. The first-order chi connectivity index (χ1) is 17.5. The van der Waals surface area contributed by atoms with E-state index >= 15 is 0 Å². The zero-order valence-corrected chi connectivity index (χ0v) is 20.7. The number of rotatable bonds is 8. The minimum atomic E-state index is -0.578. The lowest BCUT2D eigenvalue weighted by Crippen LogP contribution is -2.11. The van der Waals surface area contributed by atoms with Crippen molar-refractivity contribution in [1.29, 1.82) is 0 Å². The van der Waals surface area contributed by atoms with Crippen LogP contribution >= 0.6 is 0 Å². The Bertz CT molecular complexity index is 1450. The summed E-state index contributed by atoms with van der Waals surface area (Å²) >= 11 is 0. The number of aryl methyl sites for hydroxylation is 1. The normalized spacial score (nSPS) is 11.2. The maximum atomic E-state index is 12.9. The fourth-order valence-corrected chi connectivity index (χ4v) is 3.84. The molecule has 0 aliphatic carbocycles. The molecular formula is C28H26N2O6. The van der Waals surface area contributed by atoms with E-state index in [0.29, 0.717) is 45.5 Å². The molecule has 8 heteroatoms. The van der Waals surface area contributed by atoms with E-state index in [1.807, 2.05) is 37.3 Å². The topological polar surface area (TPSA) is 88.5 Å². The van der Waals surface area contributed by atoms with Crippen LogP contribution < -0.4 is 18.9 Å². The van der Waals surface area contributed by atoms with Crippen molar-refractivity contribution in [2.24, 2.45) is 5.16 Å². The van der Waals surface area contributed by atoms with Gasteiger partial charge in [-0.25, -0.2) is 4.79 Å². The van der Waals surface area contributed by atoms with Crippen LogP contribution in [0.25, 0.3) is 10.8 Å². The SMILES string of the molecule is COc1ccc(C(=NOC(=O)c2ccccc2C)c2nccc3cc(OC)c(OC)cc23)cc1OC.